The van der Waals surface area contributed by atoms with Crippen molar-refractivity contribution < 1.29 is 12.8 Å². The van der Waals surface area contributed by atoms with Crippen LogP contribution < -0.4 is 10.9 Å². The fraction of sp³-hybridized carbons (Fsp3) is 0.286. The van der Waals surface area contributed by atoms with Crippen LogP contribution in [0.25, 0.3) is 16.9 Å². The van der Waals surface area contributed by atoms with Gasteiger partial charge in [-0.1, -0.05) is 12.1 Å². The SMILES string of the molecule is CN(C)S(=O)(=O)c1ccc(-n2cc(CCCN[C@@H]3C[C@H]3c3ccc(F)cc3)nc(-c3cncnc3)c2=O)cc1. The Bertz CT molecular complexity index is 1610. The van der Waals surface area contributed by atoms with Crippen LogP contribution in [0.2, 0.25) is 0 Å². The second kappa shape index (κ2) is 11.1. The molecule has 2 atom stereocenters. The van der Waals surface area contributed by atoms with Crippen LogP contribution in [0.1, 0.15) is 30.0 Å². The number of benzene rings is 2. The molecule has 2 aromatic carbocycles. The molecule has 0 unspecified atom stereocenters. The Morgan fingerprint density at radius 2 is 1.74 bits per heavy atom. The van der Waals surface area contributed by atoms with E-state index in [1.165, 1.54) is 49.3 Å². The summed E-state index contributed by atoms with van der Waals surface area (Å²) in [5.74, 6) is 0.170. The summed E-state index contributed by atoms with van der Waals surface area (Å²) in [6, 6.07) is 13.2. The van der Waals surface area contributed by atoms with Gasteiger partial charge in [-0.05, 0) is 67.8 Å². The van der Waals surface area contributed by atoms with Crippen molar-refractivity contribution >= 4 is 10.0 Å². The highest BCUT2D eigenvalue weighted by molar-refractivity contribution is 7.89. The minimum atomic E-state index is -3.59. The summed E-state index contributed by atoms with van der Waals surface area (Å²) < 4.78 is 40.7. The smallest absolute Gasteiger partial charge is 0.281 e. The van der Waals surface area contributed by atoms with Gasteiger partial charge < -0.3 is 5.32 Å². The zero-order valence-corrected chi connectivity index (χ0v) is 22.5. The van der Waals surface area contributed by atoms with Crippen molar-refractivity contribution in [3.63, 3.8) is 0 Å². The Balaban J connectivity index is 1.33. The van der Waals surface area contributed by atoms with E-state index in [9.17, 15) is 17.6 Å². The van der Waals surface area contributed by atoms with E-state index in [-0.39, 0.29) is 22.0 Å². The Hall–Kier alpha value is -3.80. The van der Waals surface area contributed by atoms with Gasteiger partial charge in [-0.25, -0.2) is 32.1 Å². The third-order valence-corrected chi connectivity index (χ3v) is 8.62. The highest BCUT2D eigenvalue weighted by Crippen LogP contribution is 2.40. The molecule has 0 radical (unpaired) electrons. The van der Waals surface area contributed by atoms with Crippen molar-refractivity contribution in [3.8, 4) is 16.9 Å². The molecule has 202 valence electrons. The number of aryl methyl sites for hydroxylation is 1. The number of nitrogens with one attached hydrogen (secondary N) is 1. The maximum Gasteiger partial charge on any atom is 0.281 e. The average Bonchev–Trinajstić information content (AvgIpc) is 3.72. The number of hydrogen-bond donors (Lipinski definition) is 1. The third kappa shape index (κ3) is 5.95. The average molecular weight is 549 g/mol. The Morgan fingerprint density at radius 1 is 1.05 bits per heavy atom. The number of halogens is 1. The summed E-state index contributed by atoms with van der Waals surface area (Å²) in [5.41, 5.74) is 2.76. The Morgan fingerprint density at radius 3 is 2.41 bits per heavy atom. The van der Waals surface area contributed by atoms with Gasteiger partial charge in [-0.15, -0.1) is 0 Å². The maximum absolute atomic E-state index is 13.4. The number of nitrogens with zero attached hydrogens (tertiary/aromatic N) is 5. The van der Waals surface area contributed by atoms with E-state index in [0.717, 1.165) is 29.3 Å². The van der Waals surface area contributed by atoms with Gasteiger partial charge in [0.1, 0.15) is 17.8 Å². The molecule has 39 heavy (non-hydrogen) atoms. The lowest BCUT2D eigenvalue weighted by Gasteiger charge is -2.14. The predicted molar refractivity (Wildman–Crippen MR) is 146 cm³/mol. The van der Waals surface area contributed by atoms with Crippen molar-refractivity contribution in [2.45, 2.75) is 36.1 Å². The van der Waals surface area contributed by atoms with Gasteiger partial charge >= 0.3 is 0 Å². The molecule has 9 nitrogen and oxygen atoms in total. The van der Waals surface area contributed by atoms with Gasteiger partial charge in [0, 0.05) is 55.9 Å². The first-order valence-corrected chi connectivity index (χ1v) is 14.1. The summed E-state index contributed by atoms with van der Waals surface area (Å²) in [4.78, 5) is 26.2. The highest BCUT2D eigenvalue weighted by Gasteiger charge is 2.37. The van der Waals surface area contributed by atoms with E-state index in [0.29, 0.717) is 35.3 Å². The molecule has 2 heterocycles. The zero-order valence-electron chi connectivity index (χ0n) is 21.7. The van der Waals surface area contributed by atoms with Crippen molar-refractivity contribution in [1.82, 2.24) is 29.1 Å². The van der Waals surface area contributed by atoms with Crippen LogP contribution in [-0.2, 0) is 16.4 Å². The highest BCUT2D eigenvalue weighted by atomic mass is 32.2. The topological polar surface area (TPSA) is 110 Å². The van der Waals surface area contributed by atoms with E-state index >= 15 is 0 Å². The molecule has 1 aliphatic rings. The minimum absolute atomic E-state index is 0.139. The lowest BCUT2D eigenvalue weighted by atomic mass is 10.1. The lowest BCUT2D eigenvalue weighted by molar-refractivity contribution is 0.520. The molecule has 1 saturated carbocycles. The number of rotatable bonds is 10. The van der Waals surface area contributed by atoms with Crippen molar-refractivity contribution in [2.24, 2.45) is 0 Å². The number of sulfonamides is 1. The predicted octanol–water partition coefficient (Wildman–Crippen LogP) is 3.16. The second-order valence-corrected chi connectivity index (χ2v) is 11.9. The molecule has 0 amide bonds. The van der Waals surface area contributed by atoms with Crippen molar-refractivity contribution in [2.75, 3.05) is 20.6 Å². The van der Waals surface area contributed by atoms with Crippen molar-refractivity contribution in [3.05, 3.63) is 101 Å². The quantitative estimate of drug-likeness (QED) is 0.303. The van der Waals surface area contributed by atoms with Crippen molar-refractivity contribution in [1.29, 1.82) is 0 Å². The molecule has 0 aliphatic heterocycles. The van der Waals surface area contributed by atoms with E-state index in [1.54, 1.807) is 30.7 Å². The van der Waals surface area contributed by atoms with Crippen LogP contribution >= 0.6 is 0 Å². The molecule has 1 fully saturated rings. The summed E-state index contributed by atoms with van der Waals surface area (Å²) in [5, 5.41) is 3.55. The first kappa shape index (κ1) is 26.8. The molecular formula is C28H29FN6O3S. The minimum Gasteiger partial charge on any atom is -0.313 e. The first-order chi connectivity index (χ1) is 18.7. The largest absolute Gasteiger partial charge is 0.313 e. The van der Waals surface area contributed by atoms with E-state index in [4.69, 9.17) is 0 Å². The molecule has 2 aromatic heterocycles. The molecule has 0 bridgehead atoms. The molecule has 0 saturated heterocycles. The summed E-state index contributed by atoms with van der Waals surface area (Å²) in [7, 11) is -0.652. The van der Waals surface area contributed by atoms with Crippen LogP contribution in [0.15, 0.2) is 83.1 Å². The fourth-order valence-electron chi connectivity index (χ4n) is 4.51. The summed E-state index contributed by atoms with van der Waals surface area (Å²) >= 11 is 0. The normalized spacial score (nSPS) is 16.9. The molecule has 11 heteroatoms. The van der Waals surface area contributed by atoms with Gasteiger partial charge in [0.2, 0.25) is 10.0 Å². The van der Waals surface area contributed by atoms with Gasteiger partial charge in [0.15, 0.2) is 0 Å². The number of aromatic nitrogens is 4. The van der Waals surface area contributed by atoms with E-state index in [1.807, 2.05) is 12.1 Å². The molecule has 1 aliphatic carbocycles. The standard InChI is InChI=1S/C28H29FN6O3S/c1-34(2)39(37,38)24-11-9-23(10-12-24)35-17-22(33-27(28(35)36)20-15-30-18-31-16-20)4-3-13-32-26-14-25(26)19-5-7-21(29)8-6-19/h5-12,15-18,25-26,32H,3-4,13-14H2,1-2H3/t25-,26+/m0/s1. The second-order valence-electron chi connectivity index (χ2n) is 9.72. The maximum atomic E-state index is 13.4. The van der Waals surface area contributed by atoms with Gasteiger partial charge in [0.25, 0.3) is 5.56 Å². The molecular weight excluding hydrogens is 519 g/mol. The van der Waals surface area contributed by atoms with Crippen LogP contribution in [0.5, 0.6) is 0 Å². The molecule has 0 spiro atoms. The third-order valence-electron chi connectivity index (χ3n) is 6.79. The Labute approximate surface area is 226 Å². The number of hydrogen-bond acceptors (Lipinski definition) is 7. The van der Waals surface area contributed by atoms with Crippen LogP contribution in [0.4, 0.5) is 4.39 Å². The van der Waals surface area contributed by atoms with E-state index < -0.39 is 10.0 Å². The zero-order chi connectivity index (χ0) is 27.6. The van der Waals surface area contributed by atoms with Gasteiger partial charge in [-0.3, -0.25) is 9.36 Å². The molecule has 4 aromatic rings. The fourth-order valence-corrected chi connectivity index (χ4v) is 5.41. The lowest BCUT2D eigenvalue weighted by Crippen LogP contribution is -2.24. The first-order valence-electron chi connectivity index (χ1n) is 12.6. The summed E-state index contributed by atoms with van der Waals surface area (Å²) in [6.07, 6.45) is 8.61. The van der Waals surface area contributed by atoms with Gasteiger partial charge in [-0.2, -0.15) is 0 Å². The van der Waals surface area contributed by atoms with E-state index in [2.05, 4.69) is 20.3 Å². The monoisotopic (exact) mass is 548 g/mol. The molecule has 1 N–H and O–H groups in total. The molecule has 5 rings (SSSR count). The van der Waals surface area contributed by atoms with Crippen LogP contribution in [0.3, 0.4) is 0 Å². The summed E-state index contributed by atoms with van der Waals surface area (Å²) in [6.45, 7) is 0.768. The van der Waals surface area contributed by atoms with Crippen LogP contribution in [0, 0.1) is 5.82 Å². The Kier molecular flexibility index (Phi) is 7.65. The van der Waals surface area contributed by atoms with Gasteiger partial charge in [0.05, 0.1) is 10.6 Å². The van der Waals surface area contributed by atoms with Crippen LogP contribution in [-0.4, -0.2) is 58.9 Å².